The standard InChI is InChI=1S/C20H16ClF2N3O2/c21-19-13(11-24)3-6-16-15(19)10-17(20(22)23)26(16)7-8-28-14-4-1-12(2-5-14)9-18(25)27/h1-6,10,20H,7-9H2,(H2,25,27). The molecule has 28 heavy (non-hydrogen) atoms. The second-order valence-electron chi connectivity index (χ2n) is 6.13. The summed E-state index contributed by atoms with van der Waals surface area (Å²) < 4.78 is 34.0. The van der Waals surface area contributed by atoms with Crippen LogP contribution in [-0.4, -0.2) is 17.1 Å². The molecule has 0 aliphatic carbocycles. The zero-order valence-corrected chi connectivity index (χ0v) is 15.4. The van der Waals surface area contributed by atoms with Gasteiger partial charge in [0.1, 0.15) is 18.4 Å². The van der Waals surface area contributed by atoms with Crippen molar-refractivity contribution >= 4 is 28.4 Å². The predicted octanol–water partition coefficient (Wildman–Crippen LogP) is 4.21. The molecule has 1 aromatic heterocycles. The molecule has 0 aliphatic rings. The van der Waals surface area contributed by atoms with Crippen molar-refractivity contribution in [2.24, 2.45) is 5.73 Å². The van der Waals surface area contributed by atoms with E-state index in [1.54, 1.807) is 30.3 Å². The number of rotatable bonds is 7. The number of aromatic nitrogens is 1. The summed E-state index contributed by atoms with van der Waals surface area (Å²) in [5, 5.41) is 9.63. The first-order chi connectivity index (χ1) is 13.4. The monoisotopic (exact) mass is 403 g/mol. The molecule has 1 heterocycles. The van der Waals surface area contributed by atoms with E-state index >= 15 is 0 Å². The van der Waals surface area contributed by atoms with Gasteiger partial charge in [-0.25, -0.2) is 8.78 Å². The van der Waals surface area contributed by atoms with Gasteiger partial charge in [-0.1, -0.05) is 23.7 Å². The van der Waals surface area contributed by atoms with Crippen LogP contribution in [0.15, 0.2) is 42.5 Å². The maximum Gasteiger partial charge on any atom is 0.278 e. The molecule has 0 fully saturated rings. The minimum absolute atomic E-state index is 0.138. The number of alkyl halides is 2. The van der Waals surface area contributed by atoms with Gasteiger partial charge in [-0.05, 0) is 35.9 Å². The van der Waals surface area contributed by atoms with Crippen LogP contribution in [0.5, 0.6) is 5.75 Å². The second kappa shape index (κ2) is 8.28. The lowest BCUT2D eigenvalue weighted by molar-refractivity contribution is -0.117. The van der Waals surface area contributed by atoms with Crippen LogP contribution in [0, 0.1) is 11.3 Å². The summed E-state index contributed by atoms with van der Waals surface area (Å²) >= 11 is 6.17. The van der Waals surface area contributed by atoms with Gasteiger partial charge >= 0.3 is 0 Å². The molecule has 3 aromatic rings. The molecule has 0 aliphatic heterocycles. The van der Waals surface area contributed by atoms with Crippen molar-refractivity contribution < 1.29 is 18.3 Å². The van der Waals surface area contributed by atoms with Gasteiger partial charge in [0.15, 0.2) is 0 Å². The van der Waals surface area contributed by atoms with Gasteiger partial charge in [-0.2, -0.15) is 5.26 Å². The number of nitriles is 1. The molecule has 5 nitrogen and oxygen atoms in total. The molecule has 144 valence electrons. The molecule has 2 aromatic carbocycles. The summed E-state index contributed by atoms with van der Waals surface area (Å²) in [5.41, 5.74) is 6.47. The molecule has 0 unspecified atom stereocenters. The van der Waals surface area contributed by atoms with E-state index in [2.05, 4.69) is 0 Å². The Bertz CT molecular complexity index is 1060. The molecule has 8 heteroatoms. The number of nitrogens with two attached hydrogens (primary N) is 1. The number of ether oxygens (including phenoxy) is 1. The van der Waals surface area contributed by atoms with Crippen molar-refractivity contribution in [3.63, 3.8) is 0 Å². The highest BCUT2D eigenvalue weighted by Gasteiger charge is 2.19. The fourth-order valence-electron chi connectivity index (χ4n) is 3.00. The number of fused-ring (bicyclic) bond motifs is 1. The highest BCUT2D eigenvalue weighted by molar-refractivity contribution is 6.36. The summed E-state index contributed by atoms with van der Waals surface area (Å²) in [5.74, 6) is 0.124. The number of benzene rings is 2. The van der Waals surface area contributed by atoms with Gasteiger partial charge in [-0.15, -0.1) is 0 Å². The zero-order valence-electron chi connectivity index (χ0n) is 14.7. The van der Waals surface area contributed by atoms with Crippen molar-refractivity contribution in [1.29, 1.82) is 5.26 Å². The van der Waals surface area contributed by atoms with Crippen molar-refractivity contribution in [3.05, 3.63) is 64.3 Å². The van der Waals surface area contributed by atoms with E-state index in [0.29, 0.717) is 16.7 Å². The van der Waals surface area contributed by atoms with Crippen molar-refractivity contribution in [2.45, 2.75) is 19.4 Å². The Labute approximate surface area is 164 Å². The number of carbonyl (C=O) groups excluding carboxylic acids is 1. The Balaban J connectivity index is 1.78. The topological polar surface area (TPSA) is 81.0 Å². The molecule has 2 N–H and O–H groups in total. The van der Waals surface area contributed by atoms with E-state index in [0.717, 1.165) is 5.56 Å². The van der Waals surface area contributed by atoms with Crippen LogP contribution in [0.3, 0.4) is 0 Å². The highest BCUT2D eigenvalue weighted by Crippen LogP contribution is 2.33. The Kier molecular flexibility index (Phi) is 5.81. The minimum Gasteiger partial charge on any atom is -0.492 e. The molecule has 3 rings (SSSR count). The van der Waals surface area contributed by atoms with Crippen molar-refractivity contribution in [2.75, 3.05) is 6.61 Å². The number of amides is 1. The first-order valence-corrected chi connectivity index (χ1v) is 8.78. The third-order valence-corrected chi connectivity index (χ3v) is 4.69. The molecule has 0 bridgehead atoms. The van der Waals surface area contributed by atoms with E-state index in [1.165, 1.54) is 16.7 Å². The lowest BCUT2D eigenvalue weighted by Gasteiger charge is -2.12. The van der Waals surface area contributed by atoms with E-state index < -0.39 is 12.3 Å². The number of halogens is 3. The molecule has 0 spiro atoms. The van der Waals surface area contributed by atoms with E-state index in [9.17, 15) is 13.6 Å². The normalized spacial score (nSPS) is 11.0. The summed E-state index contributed by atoms with van der Waals surface area (Å²) in [6.07, 6.45) is -2.55. The van der Waals surface area contributed by atoms with E-state index in [-0.39, 0.29) is 35.9 Å². The molecular formula is C20H16ClF2N3O2. The summed E-state index contributed by atoms with van der Waals surface area (Å²) in [6.45, 7) is 0.324. The third-order valence-electron chi connectivity index (χ3n) is 4.28. The van der Waals surface area contributed by atoms with E-state index in [4.69, 9.17) is 27.3 Å². The van der Waals surface area contributed by atoms with Gasteiger partial charge in [0.25, 0.3) is 6.43 Å². The van der Waals surface area contributed by atoms with Crippen LogP contribution in [0.1, 0.15) is 23.2 Å². The smallest absolute Gasteiger partial charge is 0.278 e. The van der Waals surface area contributed by atoms with Gasteiger partial charge in [-0.3, -0.25) is 4.79 Å². The Hall–Kier alpha value is -3.11. The number of hydrogen-bond acceptors (Lipinski definition) is 3. The highest BCUT2D eigenvalue weighted by atomic mass is 35.5. The van der Waals surface area contributed by atoms with Crippen LogP contribution in [-0.2, 0) is 17.8 Å². The summed E-state index contributed by atoms with van der Waals surface area (Å²) in [7, 11) is 0. The van der Waals surface area contributed by atoms with Gasteiger partial charge < -0.3 is 15.0 Å². The van der Waals surface area contributed by atoms with Crippen LogP contribution in [0.25, 0.3) is 10.9 Å². The average molecular weight is 404 g/mol. The first kappa shape index (κ1) is 19.6. The molecule has 0 atom stereocenters. The maximum atomic E-state index is 13.5. The van der Waals surface area contributed by atoms with Crippen LogP contribution < -0.4 is 10.5 Å². The lowest BCUT2D eigenvalue weighted by atomic mass is 10.1. The number of carbonyl (C=O) groups is 1. The minimum atomic E-state index is -2.69. The van der Waals surface area contributed by atoms with Crippen LogP contribution in [0.4, 0.5) is 8.78 Å². The molecule has 0 radical (unpaired) electrons. The second-order valence-corrected chi connectivity index (χ2v) is 6.51. The molecule has 1 amide bonds. The predicted molar refractivity (Wildman–Crippen MR) is 101 cm³/mol. The quantitative estimate of drug-likeness (QED) is 0.641. The molecule has 0 saturated carbocycles. The fourth-order valence-corrected chi connectivity index (χ4v) is 3.25. The molecule has 0 saturated heterocycles. The van der Waals surface area contributed by atoms with Gasteiger partial charge in [0.2, 0.25) is 5.91 Å². The van der Waals surface area contributed by atoms with Crippen LogP contribution >= 0.6 is 11.6 Å². The Morgan fingerprint density at radius 3 is 2.57 bits per heavy atom. The lowest BCUT2D eigenvalue weighted by Crippen LogP contribution is -2.13. The van der Waals surface area contributed by atoms with E-state index in [1.807, 2.05) is 6.07 Å². The first-order valence-electron chi connectivity index (χ1n) is 8.40. The zero-order chi connectivity index (χ0) is 20.3. The summed E-state index contributed by atoms with van der Waals surface area (Å²) in [6, 6.07) is 13.2. The van der Waals surface area contributed by atoms with Gasteiger partial charge in [0, 0.05) is 5.39 Å². The van der Waals surface area contributed by atoms with Crippen molar-refractivity contribution in [1.82, 2.24) is 4.57 Å². The van der Waals surface area contributed by atoms with Crippen molar-refractivity contribution in [3.8, 4) is 11.8 Å². The average Bonchev–Trinajstić information content (AvgIpc) is 3.03. The summed E-state index contributed by atoms with van der Waals surface area (Å²) in [4.78, 5) is 10.9. The Morgan fingerprint density at radius 1 is 1.25 bits per heavy atom. The largest absolute Gasteiger partial charge is 0.492 e. The fraction of sp³-hybridized carbons (Fsp3) is 0.200. The van der Waals surface area contributed by atoms with Crippen LogP contribution in [0.2, 0.25) is 5.02 Å². The Morgan fingerprint density at radius 2 is 1.96 bits per heavy atom. The number of nitrogens with zero attached hydrogens (tertiary/aromatic N) is 2. The van der Waals surface area contributed by atoms with Gasteiger partial charge in [0.05, 0.1) is 34.8 Å². The maximum absolute atomic E-state index is 13.5. The number of hydrogen-bond donors (Lipinski definition) is 1. The third kappa shape index (κ3) is 4.07. The SMILES string of the molecule is N#Cc1ccc2c(cc(C(F)F)n2CCOc2ccc(CC(N)=O)cc2)c1Cl. The number of primary amides is 1. The molecular weight excluding hydrogens is 388 g/mol.